The molecular formula is C27H28F2N8. The Balaban J connectivity index is 1.42. The molecule has 0 aromatic carbocycles. The van der Waals surface area contributed by atoms with E-state index in [1.165, 1.54) is 5.56 Å². The van der Waals surface area contributed by atoms with Crippen molar-refractivity contribution in [2.45, 2.75) is 45.1 Å². The van der Waals surface area contributed by atoms with Gasteiger partial charge >= 0.3 is 0 Å². The summed E-state index contributed by atoms with van der Waals surface area (Å²) >= 11 is 0. The molecule has 4 aromatic rings. The van der Waals surface area contributed by atoms with Crippen molar-refractivity contribution in [3.63, 3.8) is 0 Å². The minimum atomic E-state index is -0.784. The standard InChI is InChI=1S/C27H28F2N8/c1-27(2)14-30-9-8-20(27)34-26-23-17(15-3-4-15)12-31-13-19(23)33-24(37-26)16-7-10-32-22(11-16)36-25-18(28)5-6-21(29)35-25/h5-7,10-13,15,20,30H,3-4,8-9,14H2,1-2H3,(H,32,35,36)(H,33,34,37). The number of piperidine rings is 1. The van der Waals surface area contributed by atoms with Crippen LogP contribution in [-0.4, -0.2) is 44.1 Å². The summed E-state index contributed by atoms with van der Waals surface area (Å²) in [5.41, 5.74) is 2.68. The summed E-state index contributed by atoms with van der Waals surface area (Å²) in [4.78, 5) is 22.2. The zero-order valence-corrected chi connectivity index (χ0v) is 20.7. The van der Waals surface area contributed by atoms with Gasteiger partial charge < -0.3 is 16.0 Å². The molecular weight excluding hydrogens is 474 g/mol. The lowest BCUT2D eigenvalue weighted by Gasteiger charge is -2.40. The van der Waals surface area contributed by atoms with Crippen LogP contribution in [0.4, 0.5) is 26.2 Å². The van der Waals surface area contributed by atoms with Gasteiger partial charge in [0.2, 0.25) is 5.95 Å². The number of nitrogens with one attached hydrogen (secondary N) is 3. The van der Waals surface area contributed by atoms with Crippen molar-refractivity contribution >= 4 is 28.4 Å². The van der Waals surface area contributed by atoms with Gasteiger partial charge in [0.1, 0.15) is 11.6 Å². The van der Waals surface area contributed by atoms with Crippen LogP contribution in [0.25, 0.3) is 22.3 Å². The Morgan fingerprint density at radius 1 is 1.00 bits per heavy atom. The van der Waals surface area contributed by atoms with E-state index in [0.717, 1.165) is 61.2 Å². The molecule has 1 saturated heterocycles. The molecule has 0 spiro atoms. The normalized spacial score (nSPS) is 19.1. The van der Waals surface area contributed by atoms with E-state index in [1.807, 2.05) is 6.20 Å². The van der Waals surface area contributed by atoms with Crippen LogP contribution in [0.3, 0.4) is 0 Å². The third-order valence-electron chi connectivity index (χ3n) is 7.17. The SMILES string of the molecule is CC1(C)CNCCC1Nc1nc(-c2ccnc(Nc3nc(F)ccc3F)c2)nc2cncc(C3CC3)c12. The van der Waals surface area contributed by atoms with E-state index < -0.39 is 11.8 Å². The average molecular weight is 503 g/mol. The molecule has 0 radical (unpaired) electrons. The van der Waals surface area contributed by atoms with Crippen molar-refractivity contribution in [3.8, 4) is 11.4 Å². The maximum atomic E-state index is 14.1. The molecule has 5 heterocycles. The Morgan fingerprint density at radius 3 is 2.68 bits per heavy atom. The number of hydrogen-bond donors (Lipinski definition) is 3. The van der Waals surface area contributed by atoms with Crippen LogP contribution in [0.2, 0.25) is 0 Å². The molecule has 2 aliphatic rings. The van der Waals surface area contributed by atoms with Crippen LogP contribution in [0.5, 0.6) is 0 Å². The number of halogens is 2. The molecule has 3 N–H and O–H groups in total. The number of hydrogen-bond acceptors (Lipinski definition) is 8. The number of fused-ring (bicyclic) bond motifs is 1. The van der Waals surface area contributed by atoms with Crippen molar-refractivity contribution in [3.05, 3.63) is 60.2 Å². The minimum Gasteiger partial charge on any atom is -0.366 e. The Labute approximate surface area is 213 Å². The first-order chi connectivity index (χ1) is 17.9. The molecule has 0 bridgehead atoms. The third-order valence-corrected chi connectivity index (χ3v) is 7.17. The van der Waals surface area contributed by atoms with Gasteiger partial charge in [-0.05, 0) is 67.0 Å². The largest absolute Gasteiger partial charge is 0.366 e. The lowest BCUT2D eigenvalue weighted by atomic mass is 9.80. The third kappa shape index (κ3) is 4.81. The fraction of sp³-hybridized carbons (Fsp3) is 0.370. The molecule has 4 aromatic heterocycles. The highest BCUT2D eigenvalue weighted by atomic mass is 19.1. The molecule has 1 aliphatic heterocycles. The molecule has 1 saturated carbocycles. The van der Waals surface area contributed by atoms with Crippen LogP contribution in [0.15, 0.2) is 42.9 Å². The second-order valence-corrected chi connectivity index (χ2v) is 10.5. The summed E-state index contributed by atoms with van der Waals surface area (Å²) in [7, 11) is 0. The summed E-state index contributed by atoms with van der Waals surface area (Å²) in [6.07, 6.45) is 8.56. The van der Waals surface area contributed by atoms with Crippen LogP contribution in [0, 0.1) is 17.2 Å². The Hall–Kier alpha value is -3.79. The van der Waals surface area contributed by atoms with Gasteiger partial charge in [-0.1, -0.05) is 13.8 Å². The van der Waals surface area contributed by atoms with E-state index in [4.69, 9.17) is 9.97 Å². The fourth-order valence-electron chi connectivity index (χ4n) is 4.92. The maximum absolute atomic E-state index is 14.1. The van der Waals surface area contributed by atoms with Gasteiger partial charge in [-0.15, -0.1) is 0 Å². The number of pyridine rings is 3. The molecule has 37 heavy (non-hydrogen) atoms. The van der Waals surface area contributed by atoms with Gasteiger partial charge in [0.15, 0.2) is 17.5 Å². The summed E-state index contributed by atoms with van der Waals surface area (Å²) in [6, 6.07) is 5.71. The van der Waals surface area contributed by atoms with E-state index >= 15 is 0 Å². The van der Waals surface area contributed by atoms with Gasteiger partial charge in [-0.25, -0.2) is 19.3 Å². The predicted molar refractivity (Wildman–Crippen MR) is 139 cm³/mol. The average Bonchev–Trinajstić information content (AvgIpc) is 3.73. The smallest absolute Gasteiger partial charge is 0.214 e. The van der Waals surface area contributed by atoms with Crippen molar-refractivity contribution in [1.29, 1.82) is 0 Å². The molecule has 10 heteroatoms. The van der Waals surface area contributed by atoms with Crippen LogP contribution in [0.1, 0.15) is 44.6 Å². The molecule has 2 fully saturated rings. The van der Waals surface area contributed by atoms with E-state index in [1.54, 1.807) is 24.5 Å². The van der Waals surface area contributed by atoms with E-state index in [-0.39, 0.29) is 17.3 Å². The topological polar surface area (TPSA) is 101 Å². The van der Waals surface area contributed by atoms with Gasteiger partial charge in [0.25, 0.3) is 0 Å². The van der Waals surface area contributed by atoms with Gasteiger partial charge in [-0.2, -0.15) is 9.37 Å². The summed E-state index contributed by atoms with van der Waals surface area (Å²) in [5, 5.41) is 11.0. The maximum Gasteiger partial charge on any atom is 0.214 e. The Bertz CT molecular complexity index is 1470. The number of aromatic nitrogens is 5. The highest BCUT2D eigenvalue weighted by Crippen LogP contribution is 2.44. The summed E-state index contributed by atoms with van der Waals surface area (Å²) < 4.78 is 27.7. The second kappa shape index (κ2) is 9.26. The Kier molecular flexibility index (Phi) is 5.91. The lowest BCUT2D eigenvalue weighted by Crippen LogP contribution is -2.49. The molecule has 1 unspecified atom stereocenters. The molecule has 0 amide bonds. The minimum absolute atomic E-state index is 0.0399. The zero-order valence-electron chi connectivity index (χ0n) is 20.7. The number of nitrogens with zero attached hydrogens (tertiary/aromatic N) is 5. The van der Waals surface area contributed by atoms with Crippen molar-refractivity contribution in [2.24, 2.45) is 5.41 Å². The van der Waals surface area contributed by atoms with Gasteiger partial charge in [0.05, 0.1) is 11.7 Å². The Morgan fingerprint density at radius 2 is 1.86 bits per heavy atom. The molecule has 8 nitrogen and oxygen atoms in total. The first-order valence-corrected chi connectivity index (χ1v) is 12.6. The second-order valence-electron chi connectivity index (χ2n) is 10.5. The highest BCUT2D eigenvalue weighted by molar-refractivity contribution is 5.93. The quantitative estimate of drug-likeness (QED) is 0.310. The molecule has 1 aliphatic carbocycles. The van der Waals surface area contributed by atoms with Crippen LogP contribution >= 0.6 is 0 Å². The molecule has 190 valence electrons. The van der Waals surface area contributed by atoms with E-state index in [0.29, 0.717) is 23.1 Å². The lowest BCUT2D eigenvalue weighted by molar-refractivity contribution is 0.236. The number of rotatable bonds is 6. The van der Waals surface area contributed by atoms with Gasteiger partial charge in [0, 0.05) is 35.9 Å². The molecule has 1 atom stereocenters. The first kappa shape index (κ1) is 23.6. The summed E-state index contributed by atoms with van der Waals surface area (Å²) in [5.74, 6) is 0.384. The van der Waals surface area contributed by atoms with Crippen molar-refractivity contribution < 1.29 is 8.78 Å². The van der Waals surface area contributed by atoms with Crippen LogP contribution in [-0.2, 0) is 0 Å². The zero-order chi connectivity index (χ0) is 25.6. The first-order valence-electron chi connectivity index (χ1n) is 12.6. The fourth-order valence-corrected chi connectivity index (χ4v) is 4.92. The van der Waals surface area contributed by atoms with E-state index in [9.17, 15) is 8.78 Å². The monoisotopic (exact) mass is 502 g/mol. The van der Waals surface area contributed by atoms with Crippen molar-refractivity contribution in [1.82, 2.24) is 30.2 Å². The van der Waals surface area contributed by atoms with Crippen LogP contribution < -0.4 is 16.0 Å². The summed E-state index contributed by atoms with van der Waals surface area (Å²) in [6.45, 7) is 6.37. The highest BCUT2D eigenvalue weighted by Gasteiger charge is 2.34. The van der Waals surface area contributed by atoms with Gasteiger partial charge in [-0.3, -0.25) is 4.98 Å². The molecule has 6 rings (SSSR count). The van der Waals surface area contributed by atoms with E-state index in [2.05, 4.69) is 44.7 Å². The van der Waals surface area contributed by atoms with Crippen molar-refractivity contribution in [2.75, 3.05) is 23.7 Å². The predicted octanol–water partition coefficient (Wildman–Crippen LogP) is 5.18. The number of anilines is 3.